The first-order valence-electron chi connectivity index (χ1n) is 6.03. The molecule has 86 valence electrons. The fourth-order valence-electron chi connectivity index (χ4n) is 3.12. The zero-order chi connectivity index (χ0) is 10.8. The van der Waals surface area contributed by atoms with E-state index in [0.717, 1.165) is 18.8 Å². The molecule has 0 aromatic carbocycles. The van der Waals surface area contributed by atoms with Crippen molar-refractivity contribution in [3.05, 3.63) is 0 Å². The SMILES string of the molecule is CC1CCCC(C2OCCC2C(=O)O)C1. The van der Waals surface area contributed by atoms with Crippen LogP contribution >= 0.6 is 0 Å². The lowest BCUT2D eigenvalue weighted by atomic mass is 9.76. The summed E-state index contributed by atoms with van der Waals surface area (Å²) in [5.74, 6) is 0.302. The van der Waals surface area contributed by atoms with Gasteiger partial charge >= 0.3 is 5.97 Å². The van der Waals surface area contributed by atoms with E-state index >= 15 is 0 Å². The third-order valence-electron chi connectivity index (χ3n) is 3.89. The fraction of sp³-hybridized carbons (Fsp3) is 0.917. The molecule has 1 N–H and O–H groups in total. The maximum absolute atomic E-state index is 11.1. The van der Waals surface area contributed by atoms with Crippen LogP contribution in [0.5, 0.6) is 0 Å². The average molecular weight is 212 g/mol. The summed E-state index contributed by atoms with van der Waals surface area (Å²) in [5, 5.41) is 9.10. The quantitative estimate of drug-likeness (QED) is 0.764. The predicted octanol–water partition coefficient (Wildman–Crippen LogP) is 2.30. The normalized spacial score (nSPS) is 41.7. The Bertz CT molecular complexity index is 239. The molecule has 1 aliphatic carbocycles. The van der Waals surface area contributed by atoms with E-state index < -0.39 is 5.97 Å². The van der Waals surface area contributed by atoms with Crippen molar-refractivity contribution in [3.8, 4) is 0 Å². The number of carbonyl (C=O) groups is 1. The topological polar surface area (TPSA) is 46.5 Å². The van der Waals surface area contributed by atoms with E-state index in [1.807, 2.05) is 0 Å². The minimum absolute atomic E-state index is 0.00903. The van der Waals surface area contributed by atoms with E-state index in [4.69, 9.17) is 9.84 Å². The monoisotopic (exact) mass is 212 g/mol. The number of hydrogen-bond acceptors (Lipinski definition) is 2. The van der Waals surface area contributed by atoms with E-state index in [0.29, 0.717) is 18.9 Å². The summed E-state index contributed by atoms with van der Waals surface area (Å²) in [6.07, 6.45) is 5.52. The number of hydrogen-bond donors (Lipinski definition) is 1. The molecule has 3 nitrogen and oxygen atoms in total. The number of carboxylic acid groups (broad SMARTS) is 1. The van der Waals surface area contributed by atoms with Gasteiger partial charge in [0.15, 0.2) is 0 Å². The van der Waals surface area contributed by atoms with Gasteiger partial charge in [-0.2, -0.15) is 0 Å². The van der Waals surface area contributed by atoms with Gasteiger partial charge in [-0.15, -0.1) is 0 Å². The second-order valence-corrected chi connectivity index (χ2v) is 5.10. The largest absolute Gasteiger partial charge is 0.481 e. The van der Waals surface area contributed by atoms with Gasteiger partial charge in [0.1, 0.15) is 0 Å². The molecule has 0 radical (unpaired) electrons. The number of aliphatic carboxylic acids is 1. The summed E-state index contributed by atoms with van der Waals surface area (Å²) in [6.45, 7) is 2.89. The van der Waals surface area contributed by atoms with Gasteiger partial charge < -0.3 is 9.84 Å². The van der Waals surface area contributed by atoms with Gasteiger partial charge in [0.25, 0.3) is 0 Å². The Kier molecular flexibility index (Phi) is 3.29. The standard InChI is InChI=1S/C12H20O3/c1-8-3-2-4-9(7-8)11-10(12(13)14)5-6-15-11/h8-11H,2-7H2,1H3,(H,13,14). The van der Waals surface area contributed by atoms with Crippen LogP contribution in [0.4, 0.5) is 0 Å². The molecule has 4 atom stereocenters. The van der Waals surface area contributed by atoms with Gasteiger partial charge in [-0.3, -0.25) is 4.79 Å². The lowest BCUT2D eigenvalue weighted by molar-refractivity contribution is -0.145. The number of carboxylic acids is 1. The molecule has 0 amide bonds. The Morgan fingerprint density at radius 1 is 1.33 bits per heavy atom. The first-order chi connectivity index (χ1) is 7.18. The molecule has 15 heavy (non-hydrogen) atoms. The molecule has 4 unspecified atom stereocenters. The van der Waals surface area contributed by atoms with Gasteiger partial charge in [0, 0.05) is 6.61 Å². The molecular weight excluding hydrogens is 192 g/mol. The summed E-state index contributed by atoms with van der Waals surface area (Å²) in [7, 11) is 0. The van der Waals surface area contributed by atoms with Crippen molar-refractivity contribution in [2.45, 2.75) is 45.1 Å². The Labute approximate surface area is 90.8 Å². The van der Waals surface area contributed by atoms with Crippen LogP contribution in [-0.4, -0.2) is 23.8 Å². The summed E-state index contributed by atoms with van der Waals surface area (Å²) in [4.78, 5) is 11.1. The highest BCUT2D eigenvalue weighted by molar-refractivity contribution is 5.71. The maximum Gasteiger partial charge on any atom is 0.309 e. The van der Waals surface area contributed by atoms with Crippen LogP contribution in [0.15, 0.2) is 0 Å². The average Bonchev–Trinajstić information content (AvgIpc) is 2.65. The summed E-state index contributed by atoms with van der Waals surface area (Å²) in [5.41, 5.74) is 0. The summed E-state index contributed by atoms with van der Waals surface area (Å²) in [6, 6.07) is 0. The second-order valence-electron chi connectivity index (χ2n) is 5.10. The van der Waals surface area contributed by atoms with Gasteiger partial charge in [-0.05, 0) is 31.1 Å². The van der Waals surface area contributed by atoms with Crippen molar-refractivity contribution in [2.75, 3.05) is 6.61 Å². The molecule has 1 saturated heterocycles. The van der Waals surface area contributed by atoms with Gasteiger partial charge in [0.05, 0.1) is 12.0 Å². The molecule has 1 aliphatic heterocycles. The zero-order valence-electron chi connectivity index (χ0n) is 9.32. The Balaban J connectivity index is 1.99. The van der Waals surface area contributed by atoms with Crippen LogP contribution in [0.3, 0.4) is 0 Å². The number of rotatable bonds is 2. The third kappa shape index (κ3) is 2.33. The smallest absolute Gasteiger partial charge is 0.309 e. The molecule has 0 bridgehead atoms. The third-order valence-corrected chi connectivity index (χ3v) is 3.89. The van der Waals surface area contributed by atoms with E-state index in [9.17, 15) is 4.79 Å². The first kappa shape index (κ1) is 10.9. The highest BCUT2D eigenvalue weighted by Crippen LogP contribution is 2.37. The lowest BCUT2D eigenvalue weighted by Gasteiger charge is -2.32. The molecule has 0 aromatic heterocycles. The van der Waals surface area contributed by atoms with Crippen LogP contribution < -0.4 is 0 Å². The fourth-order valence-corrected chi connectivity index (χ4v) is 3.12. The van der Waals surface area contributed by atoms with Crippen LogP contribution in [0.1, 0.15) is 39.0 Å². The summed E-state index contributed by atoms with van der Waals surface area (Å²) < 4.78 is 5.63. The summed E-state index contributed by atoms with van der Waals surface area (Å²) >= 11 is 0. The molecule has 0 spiro atoms. The molecule has 2 fully saturated rings. The second kappa shape index (κ2) is 4.52. The Hall–Kier alpha value is -0.570. The molecule has 2 rings (SSSR count). The van der Waals surface area contributed by atoms with Gasteiger partial charge in [0.2, 0.25) is 0 Å². The molecule has 0 aromatic rings. The molecule has 2 aliphatic rings. The van der Waals surface area contributed by atoms with Crippen molar-refractivity contribution in [3.63, 3.8) is 0 Å². The van der Waals surface area contributed by atoms with Crippen molar-refractivity contribution in [2.24, 2.45) is 17.8 Å². The van der Waals surface area contributed by atoms with E-state index in [1.165, 1.54) is 12.8 Å². The lowest BCUT2D eigenvalue weighted by Crippen LogP contribution is -2.34. The zero-order valence-corrected chi connectivity index (χ0v) is 9.32. The molecular formula is C12H20O3. The Morgan fingerprint density at radius 2 is 2.13 bits per heavy atom. The van der Waals surface area contributed by atoms with Gasteiger partial charge in [-0.25, -0.2) is 0 Å². The van der Waals surface area contributed by atoms with E-state index in [-0.39, 0.29) is 12.0 Å². The number of ether oxygens (including phenoxy) is 1. The van der Waals surface area contributed by atoms with Crippen molar-refractivity contribution >= 4 is 5.97 Å². The highest BCUT2D eigenvalue weighted by Gasteiger charge is 2.40. The van der Waals surface area contributed by atoms with Crippen molar-refractivity contribution in [1.29, 1.82) is 0 Å². The van der Waals surface area contributed by atoms with E-state index in [1.54, 1.807) is 0 Å². The molecule has 3 heteroatoms. The van der Waals surface area contributed by atoms with Crippen LogP contribution in [0.2, 0.25) is 0 Å². The van der Waals surface area contributed by atoms with Crippen LogP contribution in [0.25, 0.3) is 0 Å². The molecule has 1 saturated carbocycles. The maximum atomic E-state index is 11.1. The highest BCUT2D eigenvalue weighted by atomic mass is 16.5. The van der Waals surface area contributed by atoms with Crippen molar-refractivity contribution in [1.82, 2.24) is 0 Å². The van der Waals surface area contributed by atoms with Gasteiger partial charge in [-0.1, -0.05) is 19.8 Å². The minimum Gasteiger partial charge on any atom is -0.481 e. The van der Waals surface area contributed by atoms with Crippen LogP contribution in [0, 0.1) is 17.8 Å². The Morgan fingerprint density at radius 3 is 2.80 bits per heavy atom. The van der Waals surface area contributed by atoms with Crippen LogP contribution in [-0.2, 0) is 9.53 Å². The van der Waals surface area contributed by atoms with E-state index in [2.05, 4.69) is 6.92 Å². The minimum atomic E-state index is -0.671. The molecule has 1 heterocycles. The predicted molar refractivity (Wildman–Crippen MR) is 56.6 cm³/mol. The van der Waals surface area contributed by atoms with Crippen molar-refractivity contribution < 1.29 is 14.6 Å². The first-order valence-corrected chi connectivity index (χ1v) is 6.03.